The number of hydrogen-bond acceptors (Lipinski definition) is 2. The molecule has 50 valence electrons. The van der Waals surface area contributed by atoms with Crippen LogP contribution in [0.2, 0.25) is 0 Å². The summed E-state index contributed by atoms with van der Waals surface area (Å²) in [5.74, 6) is 0. The van der Waals surface area contributed by atoms with E-state index in [0.717, 1.165) is 0 Å². The van der Waals surface area contributed by atoms with Crippen LogP contribution < -0.4 is 0 Å². The van der Waals surface area contributed by atoms with E-state index in [0.29, 0.717) is 0 Å². The normalized spacial score (nSPS) is 28.1. The summed E-state index contributed by atoms with van der Waals surface area (Å²) in [6.07, 6.45) is 3.04. The number of nitro groups is 1. The van der Waals surface area contributed by atoms with Gasteiger partial charge < -0.3 is 0 Å². The number of hydrogen-bond donors (Lipinski definition) is 1. The molecule has 3 nitrogen and oxygen atoms in total. The van der Waals surface area contributed by atoms with Crippen LogP contribution in [0.15, 0.2) is 22.6 Å². The van der Waals surface area contributed by atoms with Crippen LogP contribution >= 0.6 is 20.8 Å². The lowest BCUT2D eigenvalue weighted by Gasteiger charge is -1.97. The zero-order valence-electron chi connectivity index (χ0n) is 4.32. The second kappa shape index (κ2) is 2.41. The third kappa shape index (κ3) is 1.25. The van der Waals surface area contributed by atoms with E-state index in [1.54, 1.807) is 11.5 Å². The van der Waals surface area contributed by atoms with E-state index < -0.39 is 15.0 Å². The standard InChI is InChI=1S/C4H4ClNO2S/c5-9-3-1-2-4(9)6(7)8/h1-3,9H. The molecule has 1 heterocycles. The molecule has 5 heteroatoms. The topological polar surface area (TPSA) is 43.1 Å². The summed E-state index contributed by atoms with van der Waals surface area (Å²) in [5, 5.41) is 11.8. The highest BCUT2D eigenvalue weighted by atomic mass is 35.7. The van der Waals surface area contributed by atoms with Crippen molar-refractivity contribution in [3.05, 3.63) is 32.7 Å². The van der Waals surface area contributed by atoms with Crippen molar-refractivity contribution in [3.8, 4) is 0 Å². The quantitative estimate of drug-likeness (QED) is 0.366. The molecule has 0 aromatic carbocycles. The predicted octanol–water partition coefficient (Wildman–Crippen LogP) is 1.79. The predicted molar refractivity (Wildman–Crippen MR) is 39.1 cm³/mol. The lowest BCUT2D eigenvalue weighted by atomic mass is 10.6. The number of rotatable bonds is 1. The van der Waals surface area contributed by atoms with Crippen LogP contribution in [0.3, 0.4) is 0 Å². The van der Waals surface area contributed by atoms with Gasteiger partial charge in [0.1, 0.15) is 0 Å². The van der Waals surface area contributed by atoms with E-state index >= 15 is 0 Å². The van der Waals surface area contributed by atoms with E-state index in [9.17, 15) is 10.1 Å². The van der Waals surface area contributed by atoms with Crippen LogP contribution in [-0.2, 0) is 0 Å². The molecule has 0 amide bonds. The largest absolute Gasteiger partial charge is 0.299 e. The third-order valence-electron chi connectivity index (χ3n) is 0.868. The number of allylic oxidation sites excluding steroid dienone is 2. The van der Waals surface area contributed by atoms with Crippen LogP contribution in [0.4, 0.5) is 0 Å². The van der Waals surface area contributed by atoms with Crippen molar-refractivity contribution >= 4 is 20.8 Å². The molecule has 9 heavy (non-hydrogen) atoms. The zero-order chi connectivity index (χ0) is 6.85. The first kappa shape index (κ1) is 6.64. The SMILES string of the molecule is O=[N+]([O-])C1=CC=C[SH]1Cl. The number of halogens is 1. The molecule has 0 saturated carbocycles. The van der Waals surface area contributed by atoms with Crippen LogP contribution in [0.25, 0.3) is 0 Å². The Morgan fingerprint density at radius 1 is 1.78 bits per heavy atom. The molecule has 0 spiro atoms. The Morgan fingerprint density at radius 2 is 2.44 bits per heavy atom. The van der Waals surface area contributed by atoms with Crippen molar-refractivity contribution in [2.24, 2.45) is 0 Å². The zero-order valence-corrected chi connectivity index (χ0v) is 5.97. The average molecular weight is 166 g/mol. The fourth-order valence-electron chi connectivity index (χ4n) is 0.491. The molecule has 0 N–H and O–H groups in total. The van der Waals surface area contributed by atoms with Gasteiger partial charge in [0, 0.05) is 6.08 Å². The molecule has 0 saturated heterocycles. The monoisotopic (exact) mass is 165 g/mol. The summed E-state index contributed by atoms with van der Waals surface area (Å²) in [5.41, 5.74) is 0. The Kier molecular flexibility index (Phi) is 1.78. The summed E-state index contributed by atoms with van der Waals surface area (Å²) >= 11 is 0. The fourth-order valence-corrected chi connectivity index (χ4v) is 1.81. The van der Waals surface area contributed by atoms with Crippen LogP contribution in [0, 0.1) is 10.1 Å². The molecule has 1 aliphatic rings. The van der Waals surface area contributed by atoms with Crippen molar-refractivity contribution in [2.75, 3.05) is 0 Å². The highest BCUT2D eigenvalue weighted by Gasteiger charge is 2.18. The summed E-state index contributed by atoms with van der Waals surface area (Å²) in [6.45, 7) is 0. The number of nitrogens with zero attached hydrogens (tertiary/aromatic N) is 1. The fraction of sp³-hybridized carbons (Fsp3) is 0. The van der Waals surface area contributed by atoms with Gasteiger partial charge in [-0.05, 0) is 11.5 Å². The van der Waals surface area contributed by atoms with Gasteiger partial charge in [-0.15, -0.1) is 0 Å². The molecule has 1 rings (SSSR count). The Bertz CT molecular complexity index is 201. The summed E-state index contributed by atoms with van der Waals surface area (Å²) in [7, 11) is 4.43. The minimum atomic E-state index is -1.11. The van der Waals surface area contributed by atoms with E-state index in [1.165, 1.54) is 6.08 Å². The van der Waals surface area contributed by atoms with Gasteiger partial charge in [-0.25, -0.2) is 0 Å². The van der Waals surface area contributed by atoms with Crippen LogP contribution in [0.1, 0.15) is 0 Å². The first-order valence-electron chi connectivity index (χ1n) is 2.19. The molecule has 0 bridgehead atoms. The van der Waals surface area contributed by atoms with E-state index in [2.05, 4.69) is 0 Å². The smallest absolute Gasteiger partial charge is 0.258 e. The summed E-state index contributed by atoms with van der Waals surface area (Å²) in [4.78, 5) is 9.60. The first-order valence-corrected chi connectivity index (χ1v) is 4.51. The number of thiol groups is 1. The van der Waals surface area contributed by atoms with Crippen LogP contribution in [-0.4, -0.2) is 4.92 Å². The summed E-state index contributed by atoms with van der Waals surface area (Å²) in [6, 6.07) is 0. The maximum atomic E-state index is 10.0. The summed E-state index contributed by atoms with van der Waals surface area (Å²) < 4.78 is 0. The van der Waals surface area contributed by atoms with Crippen LogP contribution in [0.5, 0.6) is 0 Å². The first-order chi connectivity index (χ1) is 4.22. The van der Waals surface area contributed by atoms with Gasteiger partial charge in [-0.1, -0.05) is 20.8 Å². The average Bonchev–Trinajstić information content (AvgIpc) is 2.13. The minimum Gasteiger partial charge on any atom is -0.258 e. The lowest BCUT2D eigenvalue weighted by Crippen LogP contribution is -1.92. The lowest BCUT2D eigenvalue weighted by molar-refractivity contribution is -0.410. The van der Waals surface area contributed by atoms with Crippen molar-refractivity contribution in [3.63, 3.8) is 0 Å². The van der Waals surface area contributed by atoms with Gasteiger partial charge in [0.15, 0.2) is 0 Å². The molecule has 1 aliphatic heterocycles. The van der Waals surface area contributed by atoms with Crippen molar-refractivity contribution < 1.29 is 4.92 Å². The van der Waals surface area contributed by atoms with E-state index in [4.69, 9.17) is 10.7 Å². The van der Waals surface area contributed by atoms with Gasteiger partial charge in [-0.3, -0.25) is 10.1 Å². The second-order valence-electron chi connectivity index (χ2n) is 1.43. The van der Waals surface area contributed by atoms with Gasteiger partial charge in [0.25, 0.3) is 5.03 Å². The molecular weight excluding hydrogens is 162 g/mol. The molecule has 0 aromatic rings. The van der Waals surface area contributed by atoms with Gasteiger partial charge in [-0.2, -0.15) is 0 Å². The van der Waals surface area contributed by atoms with Gasteiger partial charge >= 0.3 is 0 Å². The molecular formula is C4H4ClNO2S. The second-order valence-corrected chi connectivity index (χ2v) is 3.91. The van der Waals surface area contributed by atoms with Crippen molar-refractivity contribution in [2.45, 2.75) is 0 Å². The van der Waals surface area contributed by atoms with Gasteiger partial charge in [0.2, 0.25) is 0 Å². The molecule has 0 fully saturated rings. The maximum Gasteiger partial charge on any atom is 0.299 e. The highest BCUT2D eigenvalue weighted by Crippen LogP contribution is 2.44. The van der Waals surface area contributed by atoms with Gasteiger partial charge in [0.05, 0.1) is 4.92 Å². The third-order valence-corrected chi connectivity index (χ3v) is 2.91. The van der Waals surface area contributed by atoms with E-state index in [1.807, 2.05) is 0 Å². The Hall–Kier alpha value is -0.480. The minimum absolute atomic E-state index is 0.117. The van der Waals surface area contributed by atoms with Crippen molar-refractivity contribution in [1.82, 2.24) is 0 Å². The molecule has 0 aliphatic carbocycles. The maximum absolute atomic E-state index is 10.0. The van der Waals surface area contributed by atoms with Crippen molar-refractivity contribution in [1.29, 1.82) is 0 Å². The Labute approximate surface area is 59.0 Å². The Balaban J connectivity index is 2.76. The molecule has 0 radical (unpaired) electrons. The molecule has 1 atom stereocenters. The highest BCUT2D eigenvalue weighted by molar-refractivity contribution is 8.41. The van der Waals surface area contributed by atoms with E-state index in [-0.39, 0.29) is 5.03 Å². The Morgan fingerprint density at radius 3 is 2.67 bits per heavy atom. The molecule has 0 aromatic heterocycles. The molecule has 1 unspecified atom stereocenters.